The third-order valence-corrected chi connectivity index (χ3v) is 4.30. The average molecular weight is 361 g/mol. The van der Waals surface area contributed by atoms with Gasteiger partial charge in [-0.15, -0.1) is 0 Å². The molecule has 7 heteroatoms. The van der Waals surface area contributed by atoms with E-state index in [2.05, 4.69) is 20.6 Å². The van der Waals surface area contributed by atoms with Gasteiger partial charge in [0.15, 0.2) is 0 Å². The van der Waals surface area contributed by atoms with Gasteiger partial charge in [0.2, 0.25) is 0 Å². The molecule has 1 aliphatic heterocycles. The number of amides is 1. The molecule has 1 saturated heterocycles. The summed E-state index contributed by atoms with van der Waals surface area (Å²) < 4.78 is 5.92. The number of aromatic nitrogens is 2. The lowest BCUT2D eigenvalue weighted by Gasteiger charge is -2.24. The fourth-order valence-electron chi connectivity index (χ4n) is 2.74. The van der Waals surface area contributed by atoms with Crippen LogP contribution in [0.4, 0.5) is 0 Å². The number of halogens is 1. The van der Waals surface area contributed by atoms with E-state index in [0.29, 0.717) is 34.8 Å². The predicted octanol–water partition coefficient (Wildman–Crippen LogP) is 2.58. The highest BCUT2D eigenvalue weighted by Crippen LogP contribution is 2.20. The molecule has 0 aliphatic carbocycles. The number of nitrogens with one attached hydrogen (secondary N) is 2. The van der Waals surface area contributed by atoms with Gasteiger partial charge >= 0.3 is 0 Å². The number of pyridine rings is 2. The molecule has 1 aliphatic rings. The zero-order valence-electron chi connectivity index (χ0n) is 13.9. The number of carbonyl (C=O) groups excluding carboxylic acids is 1. The molecule has 2 aromatic heterocycles. The van der Waals surface area contributed by atoms with Gasteiger partial charge < -0.3 is 15.4 Å². The SMILES string of the molecule is O=C(NCc1nc(Cl)ccc1OC[C@@H]1CCCCN1)c1cccnc1. The molecule has 0 unspecified atom stereocenters. The van der Waals surface area contributed by atoms with Gasteiger partial charge in [0.1, 0.15) is 23.2 Å². The van der Waals surface area contributed by atoms with Crippen molar-refractivity contribution in [3.63, 3.8) is 0 Å². The van der Waals surface area contributed by atoms with Crippen LogP contribution in [0.1, 0.15) is 35.3 Å². The van der Waals surface area contributed by atoms with E-state index in [9.17, 15) is 4.79 Å². The van der Waals surface area contributed by atoms with E-state index >= 15 is 0 Å². The Kier molecular flexibility index (Phi) is 6.19. The first kappa shape index (κ1) is 17.6. The number of nitrogens with zero attached hydrogens (tertiary/aromatic N) is 2. The van der Waals surface area contributed by atoms with Crippen LogP contribution in [0, 0.1) is 0 Å². The van der Waals surface area contributed by atoms with Crippen molar-refractivity contribution in [3.05, 3.63) is 53.1 Å². The van der Waals surface area contributed by atoms with Crippen LogP contribution in [-0.2, 0) is 6.54 Å². The van der Waals surface area contributed by atoms with E-state index in [-0.39, 0.29) is 12.5 Å². The predicted molar refractivity (Wildman–Crippen MR) is 95.8 cm³/mol. The molecule has 6 nitrogen and oxygen atoms in total. The number of rotatable bonds is 6. The number of hydrogen-bond acceptors (Lipinski definition) is 5. The molecule has 0 aromatic carbocycles. The lowest BCUT2D eigenvalue weighted by molar-refractivity contribution is 0.0949. The number of carbonyl (C=O) groups is 1. The highest BCUT2D eigenvalue weighted by Gasteiger charge is 2.15. The zero-order valence-corrected chi connectivity index (χ0v) is 14.6. The van der Waals surface area contributed by atoms with Gasteiger partial charge in [-0.2, -0.15) is 0 Å². The van der Waals surface area contributed by atoms with Crippen LogP contribution < -0.4 is 15.4 Å². The van der Waals surface area contributed by atoms with Crippen LogP contribution in [0.5, 0.6) is 5.75 Å². The Morgan fingerprint density at radius 3 is 3.04 bits per heavy atom. The summed E-state index contributed by atoms with van der Waals surface area (Å²) in [5.74, 6) is 0.429. The second-order valence-corrected chi connectivity index (χ2v) is 6.35. The zero-order chi connectivity index (χ0) is 17.5. The molecule has 2 aromatic rings. The van der Waals surface area contributed by atoms with Gasteiger partial charge in [0, 0.05) is 18.4 Å². The Bertz CT molecular complexity index is 705. The lowest BCUT2D eigenvalue weighted by atomic mass is 10.1. The fourth-order valence-corrected chi connectivity index (χ4v) is 2.90. The topological polar surface area (TPSA) is 76.1 Å². The fraction of sp³-hybridized carbons (Fsp3) is 0.389. The lowest BCUT2D eigenvalue weighted by Crippen LogP contribution is -2.38. The molecule has 1 fully saturated rings. The van der Waals surface area contributed by atoms with Crippen molar-refractivity contribution in [2.24, 2.45) is 0 Å². The van der Waals surface area contributed by atoms with Crippen molar-refractivity contribution in [2.75, 3.05) is 13.2 Å². The number of ether oxygens (including phenoxy) is 1. The van der Waals surface area contributed by atoms with E-state index in [1.807, 2.05) is 0 Å². The third-order valence-electron chi connectivity index (χ3n) is 4.09. The Morgan fingerprint density at radius 1 is 1.36 bits per heavy atom. The Morgan fingerprint density at radius 2 is 2.28 bits per heavy atom. The molecular weight excluding hydrogens is 340 g/mol. The van der Waals surface area contributed by atoms with Crippen LogP contribution in [0.25, 0.3) is 0 Å². The van der Waals surface area contributed by atoms with Crippen LogP contribution >= 0.6 is 11.6 Å². The molecule has 1 amide bonds. The summed E-state index contributed by atoms with van der Waals surface area (Å²) in [6.45, 7) is 1.84. The summed E-state index contributed by atoms with van der Waals surface area (Å²) in [6, 6.07) is 7.27. The second kappa shape index (κ2) is 8.78. The molecule has 1 atom stereocenters. The first-order valence-corrected chi connectivity index (χ1v) is 8.80. The van der Waals surface area contributed by atoms with E-state index in [1.165, 1.54) is 19.0 Å². The molecule has 3 rings (SSSR count). The smallest absolute Gasteiger partial charge is 0.253 e. The standard InChI is InChI=1S/C18H21ClN4O2/c19-17-7-6-16(25-12-14-5-1-2-9-21-14)15(23-17)11-22-18(24)13-4-3-8-20-10-13/h3-4,6-8,10,14,21H,1-2,5,9,11-12H2,(H,22,24)/t14-/m0/s1. The minimum Gasteiger partial charge on any atom is -0.490 e. The van der Waals surface area contributed by atoms with Gasteiger partial charge in [0.05, 0.1) is 12.1 Å². The maximum Gasteiger partial charge on any atom is 0.253 e. The molecular formula is C18H21ClN4O2. The van der Waals surface area contributed by atoms with Gasteiger partial charge in [-0.1, -0.05) is 18.0 Å². The molecule has 132 valence electrons. The molecule has 25 heavy (non-hydrogen) atoms. The second-order valence-electron chi connectivity index (χ2n) is 5.96. The van der Waals surface area contributed by atoms with Crippen LogP contribution in [0.2, 0.25) is 5.15 Å². The minimum absolute atomic E-state index is 0.213. The van der Waals surface area contributed by atoms with E-state index in [4.69, 9.17) is 16.3 Å². The highest BCUT2D eigenvalue weighted by molar-refractivity contribution is 6.29. The van der Waals surface area contributed by atoms with Gasteiger partial charge in [-0.25, -0.2) is 4.98 Å². The molecule has 0 spiro atoms. The van der Waals surface area contributed by atoms with Crippen molar-refractivity contribution in [1.82, 2.24) is 20.6 Å². The first-order valence-electron chi connectivity index (χ1n) is 8.42. The highest BCUT2D eigenvalue weighted by atomic mass is 35.5. The van der Waals surface area contributed by atoms with E-state index < -0.39 is 0 Å². The molecule has 0 bridgehead atoms. The molecule has 0 saturated carbocycles. The summed E-state index contributed by atoms with van der Waals surface area (Å²) in [7, 11) is 0. The third kappa shape index (κ3) is 5.14. The monoisotopic (exact) mass is 360 g/mol. The van der Waals surface area contributed by atoms with Crippen LogP contribution in [-0.4, -0.2) is 35.1 Å². The van der Waals surface area contributed by atoms with Crippen molar-refractivity contribution in [3.8, 4) is 5.75 Å². The van der Waals surface area contributed by atoms with Gasteiger partial charge in [-0.3, -0.25) is 9.78 Å². The van der Waals surface area contributed by atoms with Crippen molar-refractivity contribution in [1.29, 1.82) is 0 Å². The van der Waals surface area contributed by atoms with Crippen molar-refractivity contribution < 1.29 is 9.53 Å². The summed E-state index contributed by atoms with van der Waals surface area (Å²) in [4.78, 5) is 20.4. The van der Waals surface area contributed by atoms with Gasteiger partial charge in [0.25, 0.3) is 5.91 Å². The Balaban J connectivity index is 1.61. The molecule has 0 radical (unpaired) electrons. The van der Waals surface area contributed by atoms with Crippen LogP contribution in [0.3, 0.4) is 0 Å². The molecule has 2 N–H and O–H groups in total. The van der Waals surface area contributed by atoms with Crippen molar-refractivity contribution >= 4 is 17.5 Å². The summed E-state index contributed by atoms with van der Waals surface area (Å²) >= 11 is 6.00. The van der Waals surface area contributed by atoms with E-state index in [0.717, 1.165) is 13.0 Å². The molecule has 3 heterocycles. The summed E-state index contributed by atoms with van der Waals surface area (Å²) in [5.41, 5.74) is 1.11. The van der Waals surface area contributed by atoms with Crippen molar-refractivity contribution in [2.45, 2.75) is 31.8 Å². The van der Waals surface area contributed by atoms with E-state index in [1.54, 1.807) is 30.5 Å². The Labute approximate surface area is 152 Å². The largest absolute Gasteiger partial charge is 0.490 e. The summed E-state index contributed by atoms with van der Waals surface area (Å²) in [6.07, 6.45) is 6.68. The first-order chi connectivity index (χ1) is 12.2. The Hall–Kier alpha value is -2.18. The van der Waals surface area contributed by atoms with Gasteiger partial charge in [-0.05, 0) is 43.7 Å². The normalized spacial score (nSPS) is 17.1. The number of hydrogen-bond donors (Lipinski definition) is 2. The quantitative estimate of drug-likeness (QED) is 0.774. The maximum absolute atomic E-state index is 12.2. The average Bonchev–Trinajstić information content (AvgIpc) is 2.67. The van der Waals surface area contributed by atoms with Crippen LogP contribution in [0.15, 0.2) is 36.7 Å². The maximum atomic E-state index is 12.2. The summed E-state index contributed by atoms with van der Waals surface area (Å²) in [5, 5.41) is 6.64. The number of piperidine rings is 1. The minimum atomic E-state index is -0.213.